The predicted molar refractivity (Wildman–Crippen MR) is 128 cm³/mol. The van der Waals surface area contributed by atoms with E-state index in [0.717, 1.165) is 12.8 Å². The quantitative estimate of drug-likeness (QED) is 0.361. The van der Waals surface area contributed by atoms with Crippen LogP contribution in [0.4, 0.5) is 0 Å². The summed E-state index contributed by atoms with van der Waals surface area (Å²) in [4.78, 5) is 0. The second kappa shape index (κ2) is 11.4. The molecule has 0 bridgehead atoms. The van der Waals surface area contributed by atoms with Gasteiger partial charge in [0.2, 0.25) is 0 Å². The molecule has 0 saturated heterocycles. The molecule has 0 fully saturated rings. The zero-order valence-electron chi connectivity index (χ0n) is 19.9. The van der Waals surface area contributed by atoms with Crippen LogP contribution in [0.5, 0.6) is 5.75 Å². The van der Waals surface area contributed by atoms with E-state index < -0.39 is 19.5 Å². The number of hydrogen-bond donors (Lipinski definition) is 0. The maximum Gasteiger partial charge on any atom is -0.147 e. The molecule has 0 amide bonds. The summed E-state index contributed by atoms with van der Waals surface area (Å²) < 4.78 is 8.31. The number of aryl methyl sites for hydroxylation is 1. The van der Waals surface area contributed by atoms with Crippen molar-refractivity contribution in [3.8, 4) is 5.75 Å². The SMILES string of the molecule is CC1=C(C)C(C)(C)[C]([Ti][O]c2c(CC(C)C)cc(C)cc2CC(C)C)=C1C.Cl.Cl. The van der Waals surface area contributed by atoms with Crippen molar-refractivity contribution in [3.63, 3.8) is 0 Å². The van der Waals surface area contributed by atoms with Gasteiger partial charge < -0.3 is 0 Å². The van der Waals surface area contributed by atoms with Gasteiger partial charge in [0.05, 0.1) is 0 Å². The first-order chi connectivity index (χ1) is 12.4. The van der Waals surface area contributed by atoms with Crippen LogP contribution in [-0.2, 0) is 32.4 Å². The Morgan fingerprint density at radius 3 is 1.62 bits per heavy atom. The summed E-state index contributed by atoms with van der Waals surface area (Å²) in [6.07, 6.45) is 2.18. The van der Waals surface area contributed by atoms with Gasteiger partial charge in [-0.3, -0.25) is 0 Å². The van der Waals surface area contributed by atoms with Crippen LogP contribution in [-0.4, -0.2) is 0 Å². The van der Waals surface area contributed by atoms with Crippen LogP contribution < -0.4 is 3.32 Å². The van der Waals surface area contributed by atoms with Crippen LogP contribution in [0.15, 0.2) is 32.7 Å². The van der Waals surface area contributed by atoms with E-state index in [1.165, 1.54) is 39.2 Å². The number of benzene rings is 1. The molecule has 0 heterocycles. The van der Waals surface area contributed by atoms with Gasteiger partial charge >= 0.3 is 177 Å². The Bertz CT molecular complexity index is 742. The molecule has 1 aromatic rings. The molecule has 164 valence electrons. The minimum absolute atomic E-state index is 0. The first-order valence-electron chi connectivity index (χ1n) is 10.4. The van der Waals surface area contributed by atoms with Crippen molar-refractivity contribution in [1.82, 2.24) is 0 Å². The molecule has 1 nitrogen and oxygen atoms in total. The van der Waals surface area contributed by atoms with Gasteiger partial charge in [-0.2, -0.15) is 0 Å². The molecule has 0 spiro atoms. The zero-order valence-corrected chi connectivity index (χ0v) is 23.1. The number of halogens is 2. The summed E-state index contributed by atoms with van der Waals surface area (Å²) in [6, 6.07) is 4.70. The summed E-state index contributed by atoms with van der Waals surface area (Å²) >= 11 is -0.661. The van der Waals surface area contributed by atoms with E-state index in [2.05, 4.69) is 81.4 Å². The molecule has 0 atom stereocenters. The van der Waals surface area contributed by atoms with Gasteiger partial charge in [-0.1, -0.05) is 0 Å². The van der Waals surface area contributed by atoms with Gasteiger partial charge in [-0.25, -0.2) is 0 Å². The summed E-state index contributed by atoms with van der Waals surface area (Å²) in [5, 5.41) is 0. The predicted octanol–water partition coefficient (Wildman–Crippen LogP) is 8.26. The number of rotatable bonds is 7. The van der Waals surface area contributed by atoms with Gasteiger partial charge in [0.1, 0.15) is 0 Å². The molecule has 1 aliphatic rings. The summed E-state index contributed by atoms with van der Waals surface area (Å²) in [5.74, 6) is 2.47. The normalized spacial score (nSPS) is 15.6. The molecule has 0 N–H and O–H groups in total. The minimum atomic E-state index is -0.661. The number of hydrogen-bond acceptors (Lipinski definition) is 1. The maximum absolute atomic E-state index is 6.75. The van der Waals surface area contributed by atoms with Crippen molar-refractivity contribution < 1.29 is 22.9 Å². The average molecular weight is 475 g/mol. The Kier molecular flexibility index (Phi) is 11.3. The fourth-order valence-corrected chi connectivity index (χ4v) is 6.09. The Morgan fingerprint density at radius 2 is 1.28 bits per heavy atom. The van der Waals surface area contributed by atoms with Crippen molar-refractivity contribution in [2.75, 3.05) is 0 Å². The van der Waals surface area contributed by atoms with Crippen LogP contribution >= 0.6 is 24.8 Å². The van der Waals surface area contributed by atoms with E-state index in [9.17, 15) is 0 Å². The van der Waals surface area contributed by atoms with Gasteiger partial charge in [-0.15, -0.1) is 24.8 Å². The summed E-state index contributed by atoms with van der Waals surface area (Å²) in [6.45, 7) is 23.0. The maximum atomic E-state index is 6.75. The second-order valence-electron chi connectivity index (χ2n) is 9.69. The van der Waals surface area contributed by atoms with Gasteiger partial charge in [0, 0.05) is 0 Å². The molecular weight excluding hydrogens is 435 g/mol. The molecule has 0 aliphatic heterocycles. The summed E-state index contributed by atoms with van der Waals surface area (Å²) in [7, 11) is 0. The number of allylic oxidation sites excluding steroid dienone is 4. The molecule has 2 rings (SSSR count). The Morgan fingerprint density at radius 1 is 0.828 bits per heavy atom. The Labute approximate surface area is 201 Å². The van der Waals surface area contributed by atoms with Gasteiger partial charge in [-0.05, 0) is 0 Å². The van der Waals surface area contributed by atoms with E-state index in [1.54, 1.807) is 3.88 Å². The molecule has 4 heteroatoms. The third-order valence-corrected chi connectivity index (χ3v) is 8.32. The van der Waals surface area contributed by atoms with Crippen molar-refractivity contribution in [2.24, 2.45) is 17.3 Å². The molecule has 29 heavy (non-hydrogen) atoms. The van der Waals surface area contributed by atoms with Crippen molar-refractivity contribution in [3.05, 3.63) is 49.4 Å². The van der Waals surface area contributed by atoms with E-state index in [0.29, 0.717) is 11.8 Å². The Hall–Kier alpha value is -0.206. The largest absolute Gasteiger partial charge is 0.147 e. The first kappa shape index (κ1) is 28.8. The third-order valence-electron chi connectivity index (χ3n) is 5.96. The molecule has 0 aromatic heterocycles. The third kappa shape index (κ3) is 6.63. The van der Waals surface area contributed by atoms with Crippen LogP contribution in [0.25, 0.3) is 0 Å². The second-order valence-corrected chi connectivity index (χ2v) is 11.1. The first-order valence-corrected chi connectivity index (χ1v) is 11.8. The van der Waals surface area contributed by atoms with Gasteiger partial charge in [0.15, 0.2) is 0 Å². The fraction of sp³-hybridized carbons (Fsp3) is 0.600. The molecule has 0 radical (unpaired) electrons. The molecular formula is C25H40Cl2OTi. The minimum Gasteiger partial charge on any atom is -0.147 e. The monoisotopic (exact) mass is 474 g/mol. The zero-order chi connectivity index (χ0) is 20.5. The fourth-order valence-electron chi connectivity index (χ4n) is 4.14. The van der Waals surface area contributed by atoms with E-state index >= 15 is 0 Å². The molecule has 0 saturated carbocycles. The topological polar surface area (TPSA) is 9.23 Å². The standard InChI is InChI=1S/C15H24O.C10H15.2ClH.Ti/c1-10(2)6-13-8-12(5)9-14(15(13)16)7-11(3)4;1-7-6-10(4,5)9(3)8(7)2;;;/h8-11,16H,6-7H2,1-5H3;1-5H3;2*1H;/q;;;;+1/p-1. The smallest absolute Gasteiger partial charge is 0.147 e. The van der Waals surface area contributed by atoms with Crippen LogP contribution in [0.1, 0.15) is 79.0 Å². The Balaban J connectivity index is 0.00000392. The molecule has 1 aromatic carbocycles. The van der Waals surface area contributed by atoms with E-state index in [1.807, 2.05) is 0 Å². The van der Waals surface area contributed by atoms with Crippen molar-refractivity contribution in [2.45, 2.75) is 82.1 Å². The molecule has 0 unspecified atom stereocenters. The average Bonchev–Trinajstić information content (AvgIpc) is 2.66. The summed E-state index contributed by atoms with van der Waals surface area (Å²) in [5.41, 5.74) is 8.76. The van der Waals surface area contributed by atoms with Crippen LogP contribution in [0, 0.1) is 24.2 Å². The van der Waals surface area contributed by atoms with Gasteiger partial charge in [0.25, 0.3) is 0 Å². The van der Waals surface area contributed by atoms with E-state index in [4.69, 9.17) is 3.32 Å². The van der Waals surface area contributed by atoms with E-state index in [-0.39, 0.29) is 30.2 Å². The van der Waals surface area contributed by atoms with Crippen molar-refractivity contribution >= 4 is 24.8 Å². The van der Waals surface area contributed by atoms with Crippen molar-refractivity contribution in [1.29, 1.82) is 0 Å². The van der Waals surface area contributed by atoms with Crippen LogP contribution in [0.2, 0.25) is 0 Å². The van der Waals surface area contributed by atoms with Crippen LogP contribution in [0.3, 0.4) is 0 Å². The molecule has 1 aliphatic carbocycles.